The topological polar surface area (TPSA) is 88.2 Å². The van der Waals surface area contributed by atoms with Crippen molar-refractivity contribution in [3.05, 3.63) is 34.8 Å². The van der Waals surface area contributed by atoms with Gasteiger partial charge < -0.3 is 10.8 Å². The molecule has 0 aliphatic heterocycles. The molecule has 5 nitrogen and oxygen atoms in total. The Balaban J connectivity index is 2.20. The number of phenols is 1. The molecule has 0 radical (unpaired) electrons. The van der Waals surface area contributed by atoms with Crippen molar-refractivity contribution < 1.29 is 9.90 Å². The molecule has 0 saturated carbocycles. The van der Waals surface area contributed by atoms with Crippen molar-refractivity contribution >= 4 is 28.1 Å². The van der Waals surface area contributed by atoms with Crippen molar-refractivity contribution in [1.29, 1.82) is 0 Å². The number of aromatic nitrogens is 1. The summed E-state index contributed by atoms with van der Waals surface area (Å²) < 4.78 is 0. The fourth-order valence-corrected chi connectivity index (χ4v) is 2.51. The van der Waals surface area contributed by atoms with Crippen LogP contribution in [-0.4, -0.2) is 16.0 Å². The van der Waals surface area contributed by atoms with Gasteiger partial charge in [0.25, 0.3) is 5.91 Å². The van der Waals surface area contributed by atoms with E-state index in [2.05, 4.69) is 31.1 Å². The smallest absolute Gasteiger partial charge is 0.259 e. The normalized spacial score (nSPS) is 11.3. The first-order chi connectivity index (χ1) is 9.27. The number of thiazole rings is 1. The molecule has 0 aliphatic rings. The molecule has 2 rings (SSSR count). The molecule has 2 aromatic rings. The van der Waals surface area contributed by atoms with Crippen LogP contribution in [0.25, 0.3) is 0 Å². The molecule has 0 aliphatic carbocycles. The number of phenolic OH excluding ortho intramolecular Hbond substituents is 1. The summed E-state index contributed by atoms with van der Waals surface area (Å²) in [6, 6.07) is 4.27. The average molecular weight is 291 g/mol. The zero-order chi connectivity index (χ0) is 14.9. The van der Waals surface area contributed by atoms with E-state index in [9.17, 15) is 9.90 Å². The van der Waals surface area contributed by atoms with Crippen molar-refractivity contribution in [2.45, 2.75) is 26.2 Å². The van der Waals surface area contributed by atoms with E-state index in [-0.39, 0.29) is 22.6 Å². The molecule has 106 valence electrons. The lowest BCUT2D eigenvalue weighted by Crippen LogP contribution is -2.15. The Morgan fingerprint density at radius 2 is 2.10 bits per heavy atom. The fraction of sp³-hybridized carbons (Fsp3) is 0.286. The number of nitrogens with two attached hydrogens (primary N) is 1. The second-order valence-electron chi connectivity index (χ2n) is 5.51. The van der Waals surface area contributed by atoms with E-state index < -0.39 is 0 Å². The maximum Gasteiger partial charge on any atom is 0.259 e. The highest BCUT2D eigenvalue weighted by atomic mass is 32.1. The molecule has 0 saturated heterocycles. The van der Waals surface area contributed by atoms with E-state index in [1.54, 1.807) is 0 Å². The van der Waals surface area contributed by atoms with Gasteiger partial charge in [-0.15, -0.1) is 11.3 Å². The fourth-order valence-electron chi connectivity index (χ4n) is 1.58. The van der Waals surface area contributed by atoms with Gasteiger partial charge in [-0.25, -0.2) is 4.98 Å². The summed E-state index contributed by atoms with van der Waals surface area (Å²) in [4.78, 5) is 16.5. The van der Waals surface area contributed by atoms with Crippen LogP contribution in [0.4, 0.5) is 10.8 Å². The van der Waals surface area contributed by atoms with E-state index >= 15 is 0 Å². The van der Waals surface area contributed by atoms with Gasteiger partial charge in [-0.3, -0.25) is 10.1 Å². The number of carbonyl (C=O) groups is 1. The van der Waals surface area contributed by atoms with Crippen molar-refractivity contribution in [3.8, 4) is 5.75 Å². The molecule has 1 aromatic heterocycles. The van der Waals surface area contributed by atoms with Crippen LogP contribution >= 0.6 is 11.3 Å². The van der Waals surface area contributed by atoms with Crippen LogP contribution in [0, 0.1) is 0 Å². The molecule has 1 amide bonds. The monoisotopic (exact) mass is 291 g/mol. The molecule has 0 bridgehead atoms. The second-order valence-corrected chi connectivity index (χ2v) is 6.37. The first-order valence-corrected chi connectivity index (χ1v) is 7.01. The first-order valence-electron chi connectivity index (χ1n) is 6.13. The minimum atomic E-state index is -0.381. The van der Waals surface area contributed by atoms with E-state index in [1.165, 1.54) is 29.5 Å². The minimum Gasteiger partial charge on any atom is -0.508 e. The largest absolute Gasteiger partial charge is 0.508 e. The number of benzene rings is 1. The molecule has 0 unspecified atom stereocenters. The maximum atomic E-state index is 12.1. The van der Waals surface area contributed by atoms with Gasteiger partial charge in [-0.2, -0.15) is 0 Å². The number of hydrogen-bond acceptors (Lipinski definition) is 5. The van der Waals surface area contributed by atoms with Gasteiger partial charge in [0.05, 0.1) is 11.3 Å². The lowest BCUT2D eigenvalue weighted by Gasteiger charge is -2.14. The number of aromatic hydroxyl groups is 1. The van der Waals surface area contributed by atoms with E-state index in [0.717, 1.165) is 5.69 Å². The average Bonchev–Trinajstić information content (AvgIpc) is 2.80. The molecule has 0 spiro atoms. The Morgan fingerprint density at radius 3 is 2.70 bits per heavy atom. The summed E-state index contributed by atoms with van der Waals surface area (Å²) in [5, 5.41) is 14.5. The quantitative estimate of drug-likeness (QED) is 0.586. The Morgan fingerprint density at radius 1 is 1.40 bits per heavy atom. The van der Waals surface area contributed by atoms with Gasteiger partial charge in [0.2, 0.25) is 0 Å². The third kappa shape index (κ3) is 3.08. The summed E-state index contributed by atoms with van der Waals surface area (Å²) in [5.41, 5.74) is 7.13. The molecular formula is C14H17N3O2S. The van der Waals surface area contributed by atoms with Crippen LogP contribution in [0.2, 0.25) is 0 Å². The van der Waals surface area contributed by atoms with Gasteiger partial charge in [-0.1, -0.05) is 20.8 Å². The van der Waals surface area contributed by atoms with Crippen molar-refractivity contribution in [2.75, 3.05) is 11.1 Å². The summed E-state index contributed by atoms with van der Waals surface area (Å²) in [7, 11) is 0. The Hall–Kier alpha value is -2.08. The van der Waals surface area contributed by atoms with E-state index in [4.69, 9.17) is 5.73 Å². The summed E-state index contributed by atoms with van der Waals surface area (Å²) in [5.74, 6) is -0.382. The van der Waals surface area contributed by atoms with Crippen LogP contribution in [-0.2, 0) is 5.41 Å². The molecule has 1 aromatic carbocycles. The van der Waals surface area contributed by atoms with Gasteiger partial charge in [0.1, 0.15) is 5.75 Å². The number of nitrogens with zero attached hydrogens (tertiary/aromatic N) is 1. The highest BCUT2D eigenvalue weighted by Gasteiger charge is 2.19. The maximum absolute atomic E-state index is 12.1. The predicted octanol–water partition coefficient (Wildman–Crippen LogP) is 2.98. The third-order valence-corrected chi connectivity index (χ3v) is 3.53. The van der Waals surface area contributed by atoms with Crippen LogP contribution in [0.15, 0.2) is 23.6 Å². The third-order valence-electron chi connectivity index (χ3n) is 2.77. The number of nitrogen functional groups attached to an aromatic ring is 1. The van der Waals surface area contributed by atoms with Crippen molar-refractivity contribution in [2.24, 2.45) is 0 Å². The van der Waals surface area contributed by atoms with Crippen LogP contribution in [0.5, 0.6) is 5.75 Å². The van der Waals surface area contributed by atoms with Gasteiger partial charge in [-0.05, 0) is 18.2 Å². The number of rotatable bonds is 2. The van der Waals surface area contributed by atoms with Crippen LogP contribution < -0.4 is 11.1 Å². The lowest BCUT2D eigenvalue weighted by atomic mass is 9.93. The lowest BCUT2D eigenvalue weighted by molar-refractivity contribution is 0.102. The second kappa shape index (κ2) is 5.13. The van der Waals surface area contributed by atoms with Gasteiger partial charge in [0.15, 0.2) is 5.13 Å². The number of nitrogens with one attached hydrogen (secondary N) is 1. The van der Waals surface area contributed by atoms with Crippen LogP contribution in [0.3, 0.4) is 0 Å². The highest BCUT2D eigenvalue weighted by Crippen LogP contribution is 2.27. The molecule has 6 heteroatoms. The van der Waals surface area contributed by atoms with Crippen LogP contribution in [0.1, 0.15) is 36.8 Å². The van der Waals surface area contributed by atoms with E-state index in [0.29, 0.717) is 10.8 Å². The summed E-state index contributed by atoms with van der Waals surface area (Å²) >= 11 is 1.36. The van der Waals surface area contributed by atoms with Crippen molar-refractivity contribution in [3.63, 3.8) is 0 Å². The molecule has 0 atom stereocenters. The minimum absolute atomic E-state index is 0.00105. The van der Waals surface area contributed by atoms with E-state index in [1.807, 2.05) is 5.38 Å². The SMILES string of the molecule is CC(C)(C)c1csc(NC(=O)c2cc(O)ccc2N)n1. The summed E-state index contributed by atoms with van der Waals surface area (Å²) in [6.45, 7) is 6.17. The van der Waals surface area contributed by atoms with Gasteiger partial charge in [0, 0.05) is 16.5 Å². The number of hydrogen-bond donors (Lipinski definition) is 3. The standard InChI is InChI=1S/C14H17N3O2S/c1-14(2,3)11-7-20-13(16-11)17-12(19)9-6-8(18)4-5-10(9)15/h4-7,18H,15H2,1-3H3,(H,16,17,19). The van der Waals surface area contributed by atoms with Crippen molar-refractivity contribution in [1.82, 2.24) is 4.98 Å². The first kappa shape index (κ1) is 14.3. The number of anilines is 2. The molecular weight excluding hydrogens is 274 g/mol. The highest BCUT2D eigenvalue weighted by molar-refractivity contribution is 7.14. The zero-order valence-electron chi connectivity index (χ0n) is 11.6. The molecule has 0 fully saturated rings. The zero-order valence-corrected chi connectivity index (χ0v) is 12.4. The van der Waals surface area contributed by atoms with Gasteiger partial charge >= 0.3 is 0 Å². The molecule has 4 N–H and O–H groups in total. The number of amides is 1. The Labute approximate surface area is 121 Å². The molecule has 1 heterocycles. The Kier molecular flexibility index (Phi) is 3.67. The Bertz CT molecular complexity index is 644. The number of carbonyl (C=O) groups excluding carboxylic acids is 1. The molecule has 20 heavy (non-hydrogen) atoms. The summed E-state index contributed by atoms with van der Waals surface area (Å²) in [6.07, 6.45) is 0. The predicted molar refractivity (Wildman–Crippen MR) is 81.3 cm³/mol.